The van der Waals surface area contributed by atoms with E-state index in [2.05, 4.69) is 10.5 Å². The highest BCUT2D eigenvalue weighted by Crippen LogP contribution is 2.61. The molecule has 6 nitrogen and oxygen atoms in total. The Hall–Kier alpha value is -1.73. The van der Waals surface area contributed by atoms with E-state index in [0.29, 0.717) is 29.7 Å². The number of sulfonamides is 1. The monoisotopic (exact) mass is 471 g/mol. The third kappa shape index (κ3) is 4.76. The molecule has 7 heteroatoms. The molecule has 1 N–H and O–H groups in total. The fourth-order valence-electron chi connectivity index (χ4n) is 7.56. The summed E-state index contributed by atoms with van der Waals surface area (Å²) in [6, 6.07) is 6.91. The molecule has 0 unspecified atom stereocenters. The summed E-state index contributed by atoms with van der Waals surface area (Å²) in [5.41, 5.74) is 5.21. The molecule has 0 spiro atoms. The molecule has 33 heavy (non-hydrogen) atoms. The van der Waals surface area contributed by atoms with Gasteiger partial charge in [0.05, 0.1) is 10.8 Å². The SMILES string of the molecule is C/C(CC12CC3CC(CC(C3)C1)C2)=N/NC(=O)[C@H]1CCCN(S(=O)(=O)c2ccc(C)cc2)C1. The Bertz CT molecular complexity index is 996. The van der Waals surface area contributed by atoms with Crippen LogP contribution >= 0.6 is 0 Å². The molecular weight excluding hydrogens is 434 g/mol. The van der Waals surface area contributed by atoms with E-state index in [1.54, 1.807) is 12.1 Å². The van der Waals surface area contributed by atoms with E-state index in [4.69, 9.17) is 0 Å². The summed E-state index contributed by atoms with van der Waals surface area (Å²) < 4.78 is 27.6. The molecule has 4 aliphatic carbocycles. The normalized spacial score (nSPS) is 34.4. The molecular formula is C26H37N3O3S. The molecule has 1 heterocycles. The molecule has 1 aliphatic heterocycles. The zero-order valence-electron chi connectivity index (χ0n) is 19.9. The van der Waals surface area contributed by atoms with Gasteiger partial charge in [-0.15, -0.1) is 0 Å². The molecule has 5 fully saturated rings. The quantitative estimate of drug-likeness (QED) is 0.490. The first-order chi connectivity index (χ1) is 15.7. The first-order valence-corrected chi connectivity index (χ1v) is 14.1. The number of carbonyl (C=O) groups excluding carboxylic acids is 1. The van der Waals surface area contributed by atoms with Gasteiger partial charge < -0.3 is 0 Å². The molecule has 5 aliphatic rings. The second-order valence-electron chi connectivity index (χ2n) is 11.4. The minimum Gasteiger partial charge on any atom is -0.273 e. The number of nitrogens with zero attached hydrogens (tertiary/aromatic N) is 2. The number of rotatable bonds is 6. The summed E-state index contributed by atoms with van der Waals surface area (Å²) in [6.07, 6.45) is 10.6. The number of benzene rings is 1. The Balaban J connectivity index is 1.19. The second kappa shape index (κ2) is 8.81. The van der Waals surface area contributed by atoms with E-state index in [0.717, 1.165) is 35.4 Å². The lowest BCUT2D eigenvalue weighted by atomic mass is 9.48. The molecule has 1 amide bonds. The van der Waals surface area contributed by atoms with Crippen molar-refractivity contribution in [3.05, 3.63) is 29.8 Å². The lowest BCUT2D eigenvalue weighted by Gasteiger charge is -2.57. The Labute approximate surface area is 198 Å². The number of aryl methyl sites for hydroxylation is 1. The Morgan fingerprint density at radius 1 is 1.09 bits per heavy atom. The zero-order valence-corrected chi connectivity index (χ0v) is 20.7. The van der Waals surface area contributed by atoms with E-state index in [1.165, 1.54) is 42.8 Å². The van der Waals surface area contributed by atoms with Gasteiger partial charge in [0.25, 0.3) is 0 Å². The summed E-state index contributed by atoms with van der Waals surface area (Å²) in [5.74, 6) is 2.19. The van der Waals surface area contributed by atoms with Gasteiger partial charge in [0, 0.05) is 18.8 Å². The van der Waals surface area contributed by atoms with Gasteiger partial charge in [0.15, 0.2) is 0 Å². The molecule has 180 valence electrons. The average molecular weight is 472 g/mol. The highest BCUT2D eigenvalue weighted by molar-refractivity contribution is 7.89. The van der Waals surface area contributed by atoms with Crippen LogP contribution in [-0.4, -0.2) is 37.4 Å². The lowest BCUT2D eigenvalue weighted by Crippen LogP contribution is -2.47. The van der Waals surface area contributed by atoms with Gasteiger partial charge in [-0.3, -0.25) is 4.79 Å². The van der Waals surface area contributed by atoms with E-state index in [1.807, 2.05) is 26.0 Å². The van der Waals surface area contributed by atoms with Crippen molar-refractivity contribution in [1.82, 2.24) is 9.73 Å². The second-order valence-corrected chi connectivity index (χ2v) is 13.4. The van der Waals surface area contributed by atoms with Gasteiger partial charge in [-0.25, -0.2) is 13.8 Å². The van der Waals surface area contributed by atoms with Gasteiger partial charge in [-0.2, -0.15) is 9.41 Å². The summed E-state index contributed by atoms with van der Waals surface area (Å²) in [5, 5.41) is 4.48. The third-order valence-electron chi connectivity index (χ3n) is 8.57. The largest absolute Gasteiger partial charge is 0.273 e. The van der Waals surface area contributed by atoms with Crippen LogP contribution in [0, 0.1) is 36.0 Å². The van der Waals surface area contributed by atoms with E-state index in [-0.39, 0.29) is 18.4 Å². The van der Waals surface area contributed by atoms with E-state index in [9.17, 15) is 13.2 Å². The minimum absolute atomic E-state index is 0.163. The van der Waals surface area contributed by atoms with Crippen molar-refractivity contribution < 1.29 is 13.2 Å². The van der Waals surface area contributed by atoms with Crippen LogP contribution in [0.5, 0.6) is 0 Å². The van der Waals surface area contributed by atoms with Gasteiger partial charge >= 0.3 is 0 Å². The van der Waals surface area contributed by atoms with Crippen molar-refractivity contribution in [1.29, 1.82) is 0 Å². The van der Waals surface area contributed by atoms with Crippen molar-refractivity contribution in [2.75, 3.05) is 13.1 Å². The fourth-order valence-corrected chi connectivity index (χ4v) is 9.09. The van der Waals surface area contributed by atoms with Crippen molar-refractivity contribution in [3.63, 3.8) is 0 Å². The summed E-state index contributed by atoms with van der Waals surface area (Å²) in [6.45, 7) is 4.64. The van der Waals surface area contributed by atoms with Crippen LogP contribution in [0.2, 0.25) is 0 Å². The van der Waals surface area contributed by atoms with Crippen molar-refractivity contribution in [2.45, 2.75) is 76.5 Å². The number of hydrazone groups is 1. The predicted molar refractivity (Wildman–Crippen MR) is 129 cm³/mol. The molecule has 1 saturated heterocycles. The highest BCUT2D eigenvalue weighted by atomic mass is 32.2. The van der Waals surface area contributed by atoms with Crippen LogP contribution in [0.4, 0.5) is 0 Å². The van der Waals surface area contributed by atoms with Crippen LogP contribution in [0.3, 0.4) is 0 Å². The molecule has 1 aromatic carbocycles. The third-order valence-corrected chi connectivity index (χ3v) is 10.4. The fraction of sp³-hybridized carbons (Fsp3) is 0.692. The molecule has 4 saturated carbocycles. The first kappa shape index (κ1) is 23.0. The molecule has 1 atom stereocenters. The van der Waals surface area contributed by atoms with Crippen molar-refractivity contribution >= 4 is 21.6 Å². The number of nitrogens with one attached hydrogen (secondary N) is 1. The molecule has 4 bridgehead atoms. The Kier molecular flexibility index (Phi) is 6.15. The summed E-state index contributed by atoms with van der Waals surface area (Å²) in [7, 11) is -3.59. The Morgan fingerprint density at radius 3 is 2.30 bits per heavy atom. The average Bonchev–Trinajstić information content (AvgIpc) is 2.76. The summed E-state index contributed by atoms with van der Waals surface area (Å²) >= 11 is 0. The first-order valence-electron chi connectivity index (χ1n) is 12.6. The smallest absolute Gasteiger partial charge is 0.244 e. The highest BCUT2D eigenvalue weighted by Gasteiger charge is 2.50. The van der Waals surface area contributed by atoms with Crippen molar-refractivity contribution in [2.24, 2.45) is 34.2 Å². The lowest BCUT2D eigenvalue weighted by molar-refractivity contribution is -0.126. The van der Waals surface area contributed by atoms with Crippen molar-refractivity contribution in [3.8, 4) is 0 Å². The van der Waals surface area contributed by atoms with Crippen LogP contribution in [0.25, 0.3) is 0 Å². The maximum Gasteiger partial charge on any atom is 0.244 e. The number of hydrogen-bond acceptors (Lipinski definition) is 4. The van der Waals surface area contributed by atoms with Gasteiger partial charge in [-0.1, -0.05) is 17.7 Å². The standard InChI is InChI=1S/C26H37N3O3S/c1-18-5-7-24(8-6-18)33(31,32)29-9-3-4-23(17-29)25(30)28-27-19(2)13-26-14-20-10-21(15-26)12-22(11-20)16-26/h5-8,20-23H,3-4,9-17H2,1-2H3,(H,28,30)/b27-19-/t20?,21?,22?,23-,26?/m0/s1. The molecule has 6 rings (SSSR count). The predicted octanol–water partition coefficient (Wildman–Crippen LogP) is 4.49. The zero-order chi connectivity index (χ0) is 23.2. The minimum atomic E-state index is -3.59. The van der Waals surface area contributed by atoms with E-state index < -0.39 is 10.0 Å². The van der Waals surface area contributed by atoms with Gasteiger partial charge in [0.2, 0.25) is 15.9 Å². The molecule has 0 aromatic heterocycles. The van der Waals surface area contributed by atoms with Crippen LogP contribution in [0.1, 0.15) is 70.3 Å². The maximum absolute atomic E-state index is 13.1. The number of amides is 1. The maximum atomic E-state index is 13.1. The van der Waals surface area contributed by atoms with E-state index >= 15 is 0 Å². The molecule has 1 aromatic rings. The number of hydrogen-bond donors (Lipinski definition) is 1. The number of carbonyl (C=O) groups is 1. The molecule has 0 radical (unpaired) electrons. The topological polar surface area (TPSA) is 78.8 Å². The van der Waals surface area contributed by atoms with Crippen LogP contribution < -0.4 is 5.43 Å². The number of piperidine rings is 1. The van der Waals surface area contributed by atoms with Gasteiger partial charge in [-0.05, 0) is 107 Å². The Morgan fingerprint density at radius 2 is 1.70 bits per heavy atom. The summed E-state index contributed by atoms with van der Waals surface area (Å²) in [4.78, 5) is 13.2. The van der Waals surface area contributed by atoms with Gasteiger partial charge in [0.1, 0.15) is 0 Å². The van der Waals surface area contributed by atoms with Crippen LogP contribution in [0.15, 0.2) is 34.3 Å². The van der Waals surface area contributed by atoms with Crippen LogP contribution in [-0.2, 0) is 14.8 Å².